The van der Waals surface area contributed by atoms with Crippen molar-refractivity contribution in [3.63, 3.8) is 0 Å². The van der Waals surface area contributed by atoms with Gasteiger partial charge in [-0.05, 0) is 37.5 Å². The Labute approximate surface area is 111 Å². The molecular weight excluding hydrogens is 226 g/mol. The van der Waals surface area contributed by atoms with Crippen LogP contribution >= 0.6 is 0 Å². The topological polar surface area (TPSA) is 38.3 Å². The molecule has 0 spiro atoms. The number of nitrogens with one attached hydrogen (secondary N) is 1. The second-order valence-electron chi connectivity index (χ2n) is 6.68. The molecule has 0 aromatic rings. The molecule has 2 rings (SSSR count). The van der Waals surface area contributed by atoms with Gasteiger partial charge in [0.1, 0.15) is 0 Å². The van der Waals surface area contributed by atoms with E-state index in [2.05, 4.69) is 19.2 Å². The van der Waals surface area contributed by atoms with Crippen LogP contribution in [0.2, 0.25) is 0 Å². The molecule has 3 atom stereocenters. The minimum absolute atomic E-state index is 0.0211. The number of ether oxygens (including phenoxy) is 1. The first-order valence-electron chi connectivity index (χ1n) is 7.37. The number of methoxy groups -OCH3 is 1. The molecule has 0 saturated heterocycles. The first-order chi connectivity index (χ1) is 8.53. The van der Waals surface area contributed by atoms with Crippen molar-refractivity contribution in [1.29, 1.82) is 0 Å². The maximum atomic E-state index is 11.6. The fourth-order valence-corrected chi connectivity index (χ4v) is 3.64. The van der Waals surface area contributed by atoms with Crippen LogP contribution in [0.1, 0.15) is 58.8 Å². The van der Waals surface area contributed by atoms with Crippen molar-refractivity contribution in [3.05, 3.63) is 0 Å². The maximum absolute atomic E-state index is 11.6. The highest BCUT2D eigenvalue weighted by Gasteiger charge is 2.37. The zero-order valence-electron chi connectivity index (χ0n) is 12.0. The molecule has 0 radical (unpaired) electrons. The largest absolute Gasteiger partial charge is 0.469 e. The van der Waals surface area contributed by atoms with Crippen molar-refractivity contribution < 1.29 is 9.53 Å². The third-order valence-electron chi connectivity index (χ3n) is 4.90. The van der Waals surface area contributed by atoms with Crippen LogP contribution in [0.5, 0.6) is 0 Å². The second kappa shape index (κ2) is 5.60. The highest BCUT2D eigenvalue weighted by Crippen LogP contribution is 2.38. The third-order valence-corrected chi connectivity index (χ3v) is 4.90. The van der Waals surface area contributed by atoms with E-state index in [1.165, 1.54) is 32.8 Å². The molecule has 2 aliphatic carbocycles. The summed E-state index contributed by atoms with van der Waals surface area (Å²) in [5.41, 5.74) is 0.415. The van der Waals surface area contributed by atoms with Crippen LogP contribution in [-0.2, 0) is 9.53 Å². The van der Waals surface area contributed by atoms with Crippen LogP contribution in [0.15, 0.2) is 0 Å². The van der Waals surface area contributed by atoms with Crippen molar-refractivity contribution in [2.45, 2.75) is 70.9 Å². The quantitative estimate of drug-likeness (QED) is 0.786. The Hall–Kier alpha value is -0.570. The highest BCUT2D eigenvalue weighted by molar-refractivity contribution is 5.72. The van der Waals surface area contributed by atoms with E-state index in [9.17, 15) is 4.79 Å². The Morgan fingerprint density at radius 3 is 2.61 bits per heavy atom. The Kier molecular flexibility index (Phi) is 4.31. The van der Waals surface area contributed by atoms with Gasteiger partial charge in [-0.25, -0.2) is 0 Å². The van der Waals surface area contributed by atoms with E-state index in [-0.39, 0.29) is 11.9 Å². The van der Waals surface area contributed by atoms with Gasteiger partial charge in [-0.1, -0.05) is 26.7 Å². The van der Waals surface area contributed by atoms with Gasteiger partial charge in [-0.3, -0.25) is 4.79 Å². The minimum Gasteiger partial charge on any atom is -0.469 e. The van der Waals surface area contributed by atoms with E-state index in [1.54, 1.807) is 0 Å². The van der Waals surface area contributed by atoms with Gasteiger partial charge in [-0.15, -0.1) is 0 Å². The first kappa shape index (κ1) is 13.9. The molecule has 0 bridgehead atoms. The Bertz CT molecular complexity index is 301. The van der Waals surface area contributed by atoms with Crippen LogP contribution in [0.4, 0.5) is 0 Å². The zero-order valence-corrected chi connectivity index (χ0v) is 12.0. The van der Waals surface area contributed by atoms with Crippen molar-refractivity contribution in [1.82, 2.24) is 5.32 Å². The van der Waals surface area contributed by atoms with Crippen LogP contribution in [0, 0.1) is 11.3 Å². The molecule has 2 aliphatic rings. The molecule has 3 nitrogen and oxygen atoms in total. The van der Waals surface area contributed by atoms with Crippen molar-refractivity contribution in [3.8, 4) is 0 Å². The SMILES string of the molecule is COC(=O)C1CCCC(NC2CCCC2(C)C)C1. The lowest BCUT2D eigenvalue weighted by atomic mass is 9.82. The summed E-state index contributed by atoms with van der Waals surface area (Å²) in [5.74, 6) is 0.0953. The number of hydrogen-bond donors (Lipinski definition) is 1. The Balaban J connectivity index is 1.88. The maximum Gasteiger partial charge on any atom is 0.308 e. The minimum atomic E-state index is -0.0211. The van der Waals surface area contributed by atoms with Gasteiger partial charge in [0.15, 0.2) is 0 Å². The third kappa shape index (κ3) is 3.05. The number of carbonyl (C=O) groups excluding carboxylic acids is 1. The number of hydrogen-bond acceptors (Lipinski definition) is 3. The molecule has 2 fully saturated rings. The van der Waals surface area contributed by atoms with Gasteiger partial charge >= 0.3 is 5.97 Å². The van der Waals surface area contributed by atoms with Crippen LogP contribution in [-0.4, -0.2) is 25.2 Å². The second-order valence-corrected chi connectivity index (χ2v) is 6.68. The molecule has 104 valence electrons. The molecule has 0 amide bonds. The average Bonchev–Trinajstić information content (AvgIpc) is 2.68. The average molecular weight is 253 g/mol. The van der Waals surface area contributed by atoms with Gasteiger partial charge in [0, 0.05) is 12.1 Å². The predicted octanol–water partition coefficient (Wildman–Crippen LogP) is 2.89. The summed E-state index contributed by atoms with van der Waals surface area (Å²) in [6.07, 6.45) is 8.24. The number of esters is 1. The van der Waals surface area contributed by atoms with Crippen molar-refractivity contribution in [2.24, 2.45) is 11.3 Å². The van der Waals surface area contributed by atoms with E-state index in [0.29, 0.717) is 17.5 Å². The normalized spacial score (nSPS) is 35.4. The number of carbonyl (C=O) groups is 1. The fourth-order valence-electron chi connectivity index (χ4n) is 3.64. The molecule has 0 aliphatic heterocycles. The van der Waals surface area contributed by atoms with E-state index in [0.717, 1.165) is 19.3 Å². The fraction of sp³-hybridized carbons (Fsp3) is 0.933. The molecule has 0 heterocycles. The lowest BCUT2D eigenvalue weighted by molar-refractivity contribution is -0.146. The summed E-state index contributed by atoms with van der Waals surface area (Å²) in [7, 11) is 1.50. The van der Waals surface area contributed by atoms with Crippen LogP contribution in [0.25, 0.3) is 0 Å². The molecule has 3 unspecified atom stereocenters. The molecule has 2 saturated carbocycles. The van der Waals surface area contributed by atoms with Gasteiger partial charge in [-0.2, -0.15) is 0 Å². The van der Waals surface area contributed by atoms with E-state index in [1.807, 2.05) is 0 Å². The summed E-state index contributed by atoms with van der Waals surface area (Å²) in [4.78, 5) is 11.6. The van der Waals surface area contributed by atoms with E-state index < -0.39 is 0 Å². The molecule has 18 heavy (non-hydrogen) atoms. The van der Waals surface area contributed by atoms with Gasteiger partial charge < -0.3 is 10.1 Å². The highest BCUT2D eigenvalue weighted by atomic mass is 16.5. The molecular formula is C15H27NO2. The zero-order chi connectivity index (χ0) is 13.2. The summed E-state index contributed by atoms with van der Waals surface area (Å²) in [6, 6.07) is 1.13. The first-order valence-corrected chi connectivity index (χ1v) is 7.37. The lowest BCUT2D eigenvalue weighted by Crippen LogP contribution is -2.46. The Morgan fingerprint density at radius 1 is 1.22 bits per heavy atom. The predicted molar refractivity (Wildman–Crippen MR) is 72.3 cm³/mol. The van der Waals surface area contributed by atoms with Gasteiger partial charge in [0.2, 0.25) is 0 Å². The van der Waals surface area contributed by atoms with Crippen molar-refractivity contribution in [2.75, 3.05) is 7.11 Å². The molecule has 0 aromatic carbocycles. The summed E-state index contributed by atoms with van der Waals surface area (Å²) >= 11 is 0. The van der Waals surface area contributed by atoms with Crippen molar-refractivity contribution >= 4 is 5.97 Å². The van der Waals surface area contributed by atoms with Crippen LogP contribution < -0.4 is 5.32 Å². The summed E-state index contributed by atoms with van der Waals surface area (Å²) in [5, 5.41) is 3.81. The smallest absolute Gasteiger partial charge is 0.308 e. The standard InChI is InChI=1S/C15H27NO2/c1-15(2)9-5-8-13(15)16-12-7-4-6-11(10-12)14(17)18-3/h11-13,16H,4-10H2,1-3H3. The molecule has 1 N–H and O–H groups in total. The van der Waals surface area contributed by atoms with Crippen LogP contribution in [0.3, 0.4) is 0 Å². The molecule has 3 heteroatoms. The monoisotopic (exact) mass is 253 g/mol. The lowest BCUT2D eigenvalue weighted by Gasteiger charge is -2.35. The van der Waals surface area contributed by atoms with Gasteiger partial charge in [0.25, 0.3) is 0 Å². The van der Waals surface area contributed by atoms with Gasteiger partial charge in [0.05, 0.1) is 13.0 Å². The molecule has 0 aromatic heterocycles. The van der Waals surface area contributed by atoms with E-state index >= 15 is 0 Å². The van der Waals surface area contributed by atoms with E-state index in [4.69, 9.17) is 4.74 Å². The number of rotatable bonds is 3. The summed E-state index contributed by atoms with van der Waals surface area (Å²) in [6.45, 7) is 4.72. The Morgan fingerprint density at radius 2 is 2.00 bits per heavy atom. The summed E-state index contributed by atoms with van der Waals surface area (Å²) < 4.78 is 4.88.